The number of amides is 1. The van der Waals surface area contributed by atoms with Crippen LogP contribution in [0.1, 0.15) is 11.3 Å². The topological polar surface area (TPSA) is 77.1 Å². The van der Waals surface area contributed by atoms with Gasteiger partial charge in [0.25, 0.3) is 5.56 Å². The largest absolute Gasteiger partial charge is 0.467 e. The summed E-state index contributed by atoms with van der Waals surface area (Å²) < 4.78 is 8.44. The summed E-state index contributed by atoms with van der Waals surface area (Å²) >= 11 is 9.02. The zero-order chi connectivity index (χ0) is 22.8. The highest BCUT2D eigenvalue weighted by atomic mass is 35.5. The third kappa shape index (κ3) is 4.55. The van der Waals surface area contributed by atoms with Crippen LogP contribution >= 0.6 is 34.7 Å². The van der Waals surface area contributed by atoms with Gasteiger partial charge in [0.15, 0.2) is 5.16 Å². The molecular weight excluding hydrogens is 478 g/mol. The molecule has 0 atom stereocenters. The van der Waals surface area contributed by atoms with Crippen molar-refractivity contribution < 1.29 is 9.21 Å². The van der Waals surface area contributed by atoms with Crippen LogP contribution in [0.2, 0.25) is 5.02 Å². The minimum Gasteiger partial charge on any atom is -0.467 e. The number of hydrogen-bond donors (Lipinski definition) is 1. The van der Waals surface area contributed by atoms with Gasteiger partial charge < -0.3 is 9.73 Å². The Labute approximate surface area is 202 Å². The number of thioether (sulfide) groups is 1. The maximum Gasteiger partial charge on any atom is 0.272 e. The van der Waals surface area contributed by atoms with Gasteiger partial charge in [0.05, 0.1) is 30.6 Å². The summed E-state index contributed by atoms with van der Waals surface area (Å²) in [5, 5.41) is 4.81. The Bertz CT molecular complexity index is 1510. The molecule has 33 heavy (non-hydrogen) atoms. The third-order valence-corrected chi connectivity index (χ3v) is 7.60. The molecule has 0 radical (unpaired) electrons. The van der Waals surface area contributed by atoms with E-state index in [2.05, 4.69) is 5.32 Å². The van der Waals surface area contributed by atoms with E-state index in [4.69, 9.17) is 21.0 Å². The Kier molecular flexibility index (Phi) is 6.22. The van der Waals surface area contributed by atoms with Crippen LogP contribution in [0.3, 0.4) is 0 Å². The summed E-state index contributed by atoms with van der Waals surface area (Å²) in [5.41, 5.74) is 1.33. The first kappa shape index (κ1) is 21.8. The molecule has 0 aliphatic carbocycles. The summed E-state index contributed by atoms with van der Waals surface area (Å²) in [4.78, 5) is 30.8. The van der Waals surface area contributed by atoms with Crippen LogP contribution in [0.5, 0.6) is 0 Å². The van der Waals surface area contributed by atoms with Crippen molar-refractivity contribution in [3.63, 3.8) is 0 Å². The second-order valence-corrected chi connectivity index (χ2v) is 9.70. The van der Waals surface area contributed by atoms with Crippen molar-refractivity contribution in [3.8, 4) is 0 Å². The monoisotopic (exact) mass is 495 g/mol. The molecule has 9 heteroatoms. The highest BCUT2D eigenvalue weighted by Gasteiger charge is 2.18. The molecule has 3 aromatic heterocycles. The van der Waals surface area contributed by atoms with Crippen molar-refractivity contribution in [2.24, 2.45) is 0 Å². The van der Waals surface area contributed by atoms with Crippen molar-refractivity contribution in [3.05, 3.63) is 93.6 Å². The molecule has 0 aliphatic rings. The van der Waals surface area contributed by atoms with Gasteiger partial charge >= 0.3 is 0 Å². The van der Waals surface area contributed by atoms with Gasteiger partial charge in [0, 0.05) is 15.1 Å². The van der Waals surface area contributed by atoms with Crippen LogP contribution in [0.4, 0.5) is 0 Å². The number of thiophene rings is 1. The van der Waals surface area contributed by atoms with Gasteiger partial charge in [-0.05, 0) is 29.8 Å². The number of carbonyl (C=O) groups excluding carboxylic acids is 1. The van der Waals surface area contributed by atoms with Crippen LogP contribution < -0.4 is 10.9 Å². The number of aromatic nitrogens is 2. The Balaban J connectivity index is 1.50. The molecule has 166 valence electrons. The van der Waals surface area contributed by atoms with E-state index < -0.39 is 0 Å². The molecule has 0 aliphatic heterocycles. The van der Waals surface area contributed by atoms with E-state index in [1.807, 2.05) is 42.5 Å². The second kappa shape index (κ2) is 9.43. The predicted octanol–water partition coefficient (Wildman–Crippen LogP) is 5.31. The molecule has 1 N–H and O–H groups in total. The van der Waals surface area contributed by atoms with Crippen LogP contribution in [0.15, 0.2) is 81.3 Å². The van der Waals surface area contributed by atoms with Gasteiger partial charge in [-0.15, -0.1) is 11.3 Å². The van der Waals surface area contributed by atoms with E-state index in [1.54, 1.807) is 29.0 Å². The smallest absolute Gasteiger partial charge is 0.272 e. The number of nitrogens with one attached hydrogen (secondary N) is 1. The predicted molar refractivity (Wildman–Crippen MR) is 133 cm³/mol. The molecule has 0 saturated carbocycles. The lowest BCUT2D eigenvalue weighted by molar-refractivity contribution is -0.118. The number of carbonyl (C=O) groups is 1. The molecule has 2 aromatic carbocycles. The van der Waals surface area contributed by atoms with Crippen molar-refractivity contribution in [1.29, 1.82) is 0 Å². The van der Waals surface area contributed by atoms with Gasteiger partial charge in [-0.25, -0.2) is 4.98 Å². The van der Waals surface area contributed by atoms with Gasteiger partial charge in [-0.2, -0.15) is 0 Å². The Morgan fingerprint density at radius 2 is 1.94 bits per heavy atom. The van der Waals surface area contributed by atoms with E-state index in [0.717, 1.165) is 15.6 Å². The number of benzene rings is 2. The Hall–Kier alpha value is -3.07. The molecule has 5 rings (SSSR count). The van der Waals surface area contributed by atoms with E-state index >= 15 is 0 Å². The standard InChI is InChI=1S/C24H18ClN3O3S2/c25-18-9-3-1-6-15(18)13-28-23(30)22-21(17-8-2-4-10-19(17)33-22)27-24(28)32-14-20(29)26-12-16-7-5-11-31-16/h1-11H,12-14H2,(H,26,29). The van der Waals surface area contributed by atoms with Crippen LogP contribution in [-0.2, 0) is 17.9 Å². The van der Waals surface area contributed by atoms with Gasteiger partial charge in [0.1, 0.15) is 10.5 Å². The molecule has 0 unspecified atom stereocenters. The van der Waals surface area contributed by atoms with E-state index in [-0.39, 0.29) is 23.8 Å². The number of fused-ring (bicyclic) bond motifs is 3. The Morgan fingerprint density at radius 3 is 2.76 bits per heavy atom. The quantitative estimate of drug-likeness (QED) is 0.244. The molecule has 0 fully saturated rings. The maximum atomic E-state index is 13.5. The fourth-order valence-corrected chi connectivity index (χ4v) is 5.59. The summed E-state index contributed by atoms with van der Waals surface area (Å²) in [6.45, 7) is 0.576. The zero-order valence-electron chi connectivity index (χ0n) is 17.3. The number of nitrogens with zero attached hydrogens (tertiary/aromatic N) is 2. The van der Waals surface area contributed by atoms with Gasteiger partial charge in [0.2, 0.25) is 5.91 Å². The fourth-order valence-electron chi connectivity index (χ4n) is 3.48. The average molecular weight is 496 g/mol. The lowest BCUT2D eigenvalue weighted by Crippen LogP contribution is -2.26. The molecule has 0 saturated heterocycles. The zero-order valence-corrected chi connectivity index (χ0v) is 19.7. The van der Waals surface area contributed by atoms with Crippen molar-refractivity contribution in [1.82, 2.24) is 14.9 Å². The number of furan rings is 1. The van der Waals surface area contributed by atoms with Crippen molar-refractivity contribution in [2.45, 2.75) is 18.2 Å². The average Bonchev–Trinajstić information content (AvgIpc) is 3.48. The van der Waals surface area contributed by atoms with Crippen molar-refractivity contribution >= 4 is 60.9 Å². The first-order valence-electron chi connectivity index (χ1n) is 10.2. The third-order valence-electron chi connectivity index (χ3n) is 5.11. The van der Waals surface area contributed by atoms with Crippen LogP contribution in [-0.4, -0.2) is 21.2 Å². The maximum absolute atomic E-state index is 13.5. The van der Waals surface area contributed by atoms with Crippen molar-refractivity contribution in [2.75, 3.05) is 5.75 Å². The fraction of sp³-hybridized carbons (Fsp3) is 0.125. The first-order valence-corrected chi connectivity index (χ1v) is 12.4. The summed E-state index contributed by atoms with van der Waals surface area (Å²) in [5.74, 6) is 0.613. The summed E-state index contributed by atoms with van der Waals surface area (Å²) in [6.07, 6.45) is 1.56. The van der Waals surface area contributed by atoms with E-state index in [9.17, 15) is 9.59 Å². The van der Waals surface area contributed by atoms with Crippen LogP contribution in [0.25, 0.3) is 20.3 Å². The molecular formula is C24H18ClN3O3S2. The van der Waals surface area contributed by atoms with E-state index in [0.29, 0.717) is 32.7 Å². The summed E-state index contributed by atoms with van der Waals surface area (Å²) in [6, 6.07) is 18.8. The summed E-state index contributed by atoms with van der Waals surface area (Å²) in [7, 11) is 0. The second-order valence-electron chi connectivity index (χ2n) is 7.30. The number of rotatable bonds is 7. The van der Waals surface area contributed by atoms with E-state index in [1.165, 1.54) is 23.1 Å². The minimum atomic E-state index is -0.176. The molecule has 0 spiro atoms. The van der Waals surface area contributed by atoms with Crippen LogP contribution in [0, 0.1) is 0 Å². The molecule has 6 nitrogen and oxygen atoms in total. The SMILES string of the molecule is O=C(CSc1nc2c(sc3ccccc32)c(=O)n1Cc1ccccc1Cl)NCc1ccco1. The minimum absolute atomic E-state index is 0.114. The molecule has 3 heterocycles. The van der Waals surface area contributed by atoms with Gasteiger partial charge in [-0.3, -0.25) is 14.2 Å². The highest BCUT2D eigenvalue weighted by Crippen LogP contribution is 2.32. The lowest BCUT2D eigenvalue weighted by atomic mass is 10.2. The lowest BCUT2D eigenvalue weighted by Gasteiger charge is -2.13. The highest BCUT2D eigenvalue weighted by molar-refractivity contribution is 7.99. The van der Waals surface area contributed by atoms with Gasteiger partial charge in [-0.1, -0.05) is 59.8 Å². The number of hydrogen-bond acceptors (Lipinski definition) is 6. The normalized spacial score (nSPS) is 11.3. The molecule has 0 bridgehead atoms. The Morgan fingerprint density at radius 1 is 1.12 bits per heavy atom. The molecule has 1 amide bonds. The first-order chi connectivity index (χ1) is 16.1. The molecule has 5 aromatic rings. The number of halogens is 1.